The molecule has 4 nitrogen and oxygen atoms in total. The van der Waals surface area contributed by atoms with E-state index in [-0.39, 0.29) is 0 Å². The highest BCUT2D eigenvalue weighted by molar-refractivity contribution is 6.31. The van der Waals surface area contributed by atoms with Crippen molar-refractivity contribution in [1.29, 1.82) is 0 Å². The predicted octanol–water partition coefficient (Wildman–Crippen LogP) is 3.51. The molecule has 0 saturated carbocycles. The fourth-order valence-electron chi connectivity index (χ4n) is 1.75. The molecule has 20 heavy (non-hydrogen) atoms. The van der Waals surface area contributed by atoms with E-state index in [0.717, 1.165) is 6.08 Å². The second-order valence-corrected chi connectivity index (χ2v) is 4.41. The topological polar surface area (TPSA) is 52.6 Å². The van der Waals surface area contributed by atoms with Crippen molar-refractivity contribution in [3.63, 3.8) is 0 Å². The first-order valence-electron chi connectivity index (χ1n) is 5.76. The Hall–Kier alpha value is -2.33. The molecule has 0 fully saturated rings. The summed E-state index contributed by atoms with van der Waals surface area (Å²) in [4.78, 5) is 22.4. The number of benzene rings is 2. The first-order chi connectivity index (χ1) is 9.51. The minimum atomic E-state index is -0.568. The van der Waals surface area contributed by atoms with Gasteiger partial charge >= 0.3 is 11.9 Å². The Morgan fingerprint density at radius 2 is 1.75 bits per heavy atom. The van der Waals surface area contributed by atoms with Crippen LogP contribution >= 0.6 is 11.6 Å². The van der Waals surface area contributed by atoms with Crippen molar-refractivity contribution in [3.8, 4) is 11.5 Å². The van der Waals surface area contributed by atoms with Crippen molar-refractivity contribution in [1.82, 2.24) is 0 Å². The maximum atomic E-state index is 11.3. The molecule has 0 aromatic heterocycles. The van der Waals surface area contributed by atoms with Gasteiger partial charge in [-0.05, 0) is 30.3 Å². The summed E-state index contributed by atoms with van der Waals surface area (Å²) in [6, 6.07) is 8.09. The third-order valence-electron chi connectivity index (χ3n) is 2.53. The van der Waals surface area contributed by atoms with Crippen LogP contribution in [0.3, 0.4) is 0 Å². The summed E-state index contributed by atoms with van der Waals surface area (Å²) in [5.41, 5.74) is 0. The molecule has 5 heteroatoms. The normalized spacial score (nSPS) is 10.1. The molecule has 0 amide bonds. The van der Waals surface area contributed by atoms with Crippen LogP contribution in [0.2, 0.25) is 5.02 Å². The van der Waals surface area contributed by atoms with Gasteiger partial charge in [0.05, 0.1) is 0 Å². The number of hydrogen-bond donors (Lipinski definition) is 0. The van der Waals surface area contributed by atoms with Gasteiger partial charge in [-0.25, -0.2) is 4.79 Å². The predicted molar refractivity (Wildman–Crippen MR) is 76.1 cm³/mol. The van der Waals surface area contributed by atoms with Crippen LogP contribution in [-0.2, 0) is 9.59 Å². The van der Waals surface area contributed by atoms with Crippen molar-refractivity contribution in [3.05, 3.63) is 48.0 Å². The highest BCUT2D eigenvalue weighted by Crippen LogP contribution is 2.35. The van der Waals surface area contributed by atoms with E-state index in [2.05, 4.69) is 6.58 Å². The van der Waals surface area contributed by atoms with Crippen LogP contribution in [-0.4, -0.2) is 11.9 Å². The van der Waals surface area contributed by atoms with Crippen LogP contribution in [0.5, 0.6) is 11.5 Å². The maximum Gasteiger partial charge on any atom is 0.335 e. The van der Waals surface area contributed by atoms with Gasteiger partial charge in [-0.15, -0.1) is 0 Å². The lowest BCUT2D eigenvalue weighted by molar-refractivity contribution is -0.132. The number of halogens is 1. The van der Waals surface area contributed by atoms with Crippen molar-refractivity contribution < 1.29 is 19.1 Å². The summed E-state index contributed by atoms with van der Waals surface area (Å²) in [5, 5.41) is 1.68. The lowest BCUT2D eigenvalue weighted by Crippen LogP contribution is -2.05. The maximum absolute atomic E-state index is 11.3. The largest absolute Gasteiger partial charge is 0.426 e. The summed E-state index contributed by atoms with van der Waals surface area (Å²) in [6.07, 6.45) is 1.07. The number of hydrogen-bond acceptors (Lipinski definition) is 4. The van der Waals surface area contributed by atoms with Gasteiger partial charge in [0.2, 0.25) is 0 Å². The van der Waals surface area contributed by atoms with E-state index in [1.165, 1.54) is 6.92 Å². The Morgan fingerprint density at radius 3 is 2.35 bits per heavy atom. The highest BCUT2D eigenvalue weighted by Gasteiger charge is 2.12. The highest BCUT2D eigenvalue weighted by atomic mass is 35.5. The third kappa shape index (κ3) is 2.97. The molecular weight excluding hydrogens is 280 g/mol. The van der Waals surface area contributed by atoms with Crippen LogP contribution in [0, 0.1) is 0 Å². The summed E-state index contributed by atoms with van der Waals surface area (Å²) in [6.45, 7) is 4.65. The minimum absolute atomic E-state index is 0.345. The SMILES string of the molecule is C=CC(=O)Oc1ccc(OC(C)=O)c2cc(Cl)ccc12. The average molecular weight is 291 g/mol. The van der Waals surface area contributed by atoms with Gasteiger partial charge in [0.15, 0.2) is 0 Å². The van der Waals surface area contributed by atoms with Gasteiger partial charge in [-0.1, -0.05) is 18.2 Å². The summed E-state index contributed by atoms with van der Waals surface area (Å²) in [7, 11) is 0. The summed E-state index contributed by atoms with van der Waals surface area (Å²) < 4.78 is 10.2. The van der Waals surface area contributed by atoms with Crippen molar-refractivity contribution in [2.45, 2.75) is 6.92 Å². The number of fused-ring (bicyclic) bond motifs is 1. The quantitative estimate of drug-likeness (QED) is 0.493. The minimum Gasteiger partial charge on any atom is -0.426 e. The number of rotatable bonds is 3. The lowest BCUT2D eigenvalue weighted by Gasteiger charge is -2.10. The van der Waals surface area contributed by atoms with Crippen molar-refractivity contribution in [2.24, 2.45) is 0 Å². The molecule has 0 saturated heterocycles. The van der Waals surface area contributed by atoms with Gasteiger partial charge < -0.3 is 9.47 Å². The molecule has 0 aliphatic rings. The van der Waals surface area contributed by atoms with Crippen LogP contribution in [0.25, 0.3) is 10.8 Å². The van der Waals surface area contributed by atoms with Crippen LogP contribution in [0.1, 0.15) is 6.92 Å². The molecule has 0 spiro atoms. The third-order valence-corrected chi connectivity index (χ3v) is 2.76. The van der Waals surface area contributed by atoms with Gasteiger partial charge in [-0.3, -0.25) is 4.79 Å². The van der Waals surface area contributed by atoms with Crippen LogP contribution in [0.4, 0.5) is 0 Å². The van der Waals surface area contributed by atoms with E-state index in [9.17, 15) is 9.59 Å². The fraction of sp³-hybridized carbons (Fsp3) is 0.0667. The van der Waals surface area contributed by atoms with E-state index in [1.807, 2.05) is 0 Å². The van der Waals surface area contributed by atoms with Gasteiger partial charge in [0.25, 0.3) is 0 Å². The Bertz CT molecular complexity index is 706. The Balaban J connectivity index is 2.60. The molecule has 2 rings (SSSR count). The second-order valence-electron chi connectivity index (χ2n) is 3.97. The monoisotopic (exact) mass is 290 g/mol. The molecule has 2 aromatic rings. The van der Waals surface area contributed by atoms with E-state index < -0.39 is 11.9 Å². The summed E-state index contributed by atoms with van der Waals surface area (Å²) >= 11 is 5.95. The molecule has 0 N–H and O–H groups in total. The van der Waals surface area contributed by atoms with E-state index in [0.29, 0.717) is 27.3 Å². The smallest absolute Gasteiger partial charge is 0.335 e. The molecule has 0 aliphatic heterocycles. The van der Waals surface area contributed by atoms with Crippen molar-refractivity contribution in [2.75, 3.05) is 0 Å². The number of esters is 2. The van der Waals surface area contributed by atoms with Crippen LogP contribution in [0.15, 0.2) is 43.0 Å². The molecule has 2 aromatic carbocycles. The second kappa shape index (κ2) is 5.75. The zero-order valence-corrected chi connectivity index (χ0v) is 11.4. The molecule has 0 heterocycles. The first-order valence-corrected chi connectivity index (χ1v) is 6.14. The van der Waals surface area contributed by atoms with Gasteiger partial charge in [0.1, 0.15) is 11.5 Å². The number of ether oxygens (including phenoxy) is 2. The Morgan fingerprint density at radius 1 is 1.10 bits per heavy atom. The Labute approximate surface area is 120 Å². The first kappa shape index (κ1) is 14.1. The molecule has 0 atom stereocenters. The van der Waals surface area contributed by atoms with Crippen LogP contribution < -0.4 is 9.47 Å². The van der Waals surface area contributed by atoms with Gasteiger partial charge in [0, 0.05) is 28.8 Å². The van der Waals surface area contributed by atoms with Crippen molar-refractivity contribution >= 4 is 34.3 Å². The van der Waals surface area contributed by atoms with E-state index >= 15 is 0 Å². The Kier molecular flexibility index (Phi) is 4.05. The molecule has 0 radical (unpaired) electrons. The zero-order valence-electron chi connectivity index (χ0n) is 10.7. The van der Waals surface area contributed by atoms with Gasteiger partial charge in [-0.2, -0.15) is 0 Å². The van der Waals surface area contributed by atoms with E-state index in [4.69, 9.17) is 21.1 Å². The number of carbonyl (C=O) groups excluding carboxylic acids is 2. The fourth-order valence-corrected chi connectivity index (χ4v) is 1.92. The zero-order chi connectivity index (χ0) is 14.7. The number of carbonyl (C=O) groups is 2. The summed E-state index contributed by atoms with van der Waals surface area (Å²) in [5.74, 6) is -0.311. The lowest BCUT2D eigenvalue weighted by atomic mass is 10.1. The van der Waals surface area contributed by atoms with E-state index in [1.54, 1.807) is 30.3 Å². The molecule has 102 valence electrons. The molecular formula is C15H11ClO4. The average Bonchev–Trinajstić information content (AvgIpc) is 2.40. The molecule has 0 aliphatic carbocycles. The standard InChI is InChI=1S/C15H11ClO4/c1-3-15(18)20-13-6-7-14(19-9(2)17)12-8-10(16)4-5-11(12)13/h3-8H,1H2,2H3. The molecule has 0 bridgehead atoms. The molecule has 0 unspecified atom stereocenters.